The van der Waals surface area contributed by atoms with Crippen LogP contribution in [0.2, 0.25) is 5.02 Å². The third-order valence-corrected chi connectivity index (χ3v) is 4.39. The van der Waals surface area contributed by atoms with E-state index >= 15 is 0 Å². The predicted molar refractivity (Wildman–Crippen MR) is 108 cm³/mol. The maximum atomic E-state index is 12.5. The summed E-state index contributed by atoms with van der Waals surface area (Å²) in [4.78, 5) is 26.6. The van der Waals surface area contributed by atoms with Gasteiger partial charge < -0.3 is 20.3 Å². The highest BCUT2D eigenvalue weighted by atomic mass is 35.5. The van der Waals surface area contributed by atoms with E-state index in [4.69, 9.17) is 16.3 Å². The monoisotopic (exact) mass is 389 g/mol. The Hall–Kier alpha value is -2.57. The first-order chi connectivity index (χ1) is 12.8. The first-order valence-corrected chi connectivity index (χ1v) is 8.88. The Balaban J connectivity index is 2.06. The molecular formula is C20H24ClN3O3. The third kappa shape index (κ3) is 5.70. The van der Waals surface area contributed by atoms with Crippen LogP contribution in [0.3, 0.4) is 0 Å². The number of benzene rings is 2. The lowest BCUT2D eigenvalue weighted by Gasteiger charge is -2.13. The minimum atomic E-state index is -0.297. The van der Waals surface area contributed by atoms with Crippen LogP contribution in [0.15, 0.2) is 36.4 Å². The second-order valence-corrected chi connectivity index (χ2v) is 6.80. The molecule has 27 heavy (non-hydrogen) atoms. The summed E-state index contributed by atoms with van der Waals surface area (Å²) in [5.74, 6) is 0.0178. The van der Waals surface area contributed by atoms with Crippen LogP contribution in [-0.4, -0.2) is 51.0 Å². The van der Waals surface area contributed by atoms with E-state index in [1.54, 1.807) is 36.4 Å². The second-order valence-electron chi connectivity index (χ2n) is 6.39. The fraction of sp³-hybridized carbons (Fsp3) is 0.300. The molecule has 0 aliphatic rings. The van der Waals surface area contributed by atoms with Crippen LogP contribution < -0.4 is 15.4 Å². The van der Waals surface area contributed by atoms with E-state index in [0.717, 1.165) is 12.1 Å². The summed E-state index contributed by atoms with van der Waals surface area (Å²) >= 11 is 6.09. The number of amides is 2. The van der Waals surface area contributed by atoms with Crippen molar-refractivity contribution in [1.82, 2.24) is 10.2 Å². The Morgan fingerprint density at radius 2 is 1.67 bits per heavy atom. The molecule has 0 fully saturated rings. The smallest absolute Gasteiger partial charge is 0.255 e. The van der Waals surface area contributed by atoms with Gasteiger partial charge >= 0.3 is 0 Å². The fourth-order valence-corrected chi connectivity index (χ4v) is 2.55. The van der Waals surface area contributed by atoms with Crippen molar-refractivity contribution in [2.45, 2.75) is 6.92 Å². The number of nitrogens with zero attached hydrogens (tertiary/aromatic N) is 1. The molecule has 0 aliphatic carbocycles. The van der Waals surface area contributed by atoms with E-state index in [9.17, 15) is 9.59 Å². The lowest BCUT2D eigenvalue weighted by Crippen LogP contribution is -2.31. The van der Waals surface area contributed by atoms with Crippen LogP contribution in [0.5, 0.6) is 5.75 Å². The van der Waals surface area contributed by atoms with Gasteiger partial charge in [0.05, 0.1) is 12.8 Å². The van der Waals surface area contributed by atoms with Crippen molar-refractivity contribution < 1.29 is 14.3 Å². The maximum Gasteiger partial charge on any atom is 0.255 e. The minimum absolute atomic E-state index is 0.168. The van der Waals surface area contributed by atoms with Crippen molar-refractivity contribution in [1.29, 1.82) is 0 Å². The number of nitrogens with one attached hydrogen (secondary N) is 2. The molecule has 2 aromatic rings. The molecule has 2 rings (SSSR count). The Morgan fingerprint density at radius 3 is 2.22 bits per heavy atom. The van der Waals surface area contributed by atoms with Gasteiger partial charge in [-0.1, -0.05) is 11.6 Å². The molecule has 2 aromatic carbocycles. The first kappa shape index (κ1) is 20.7. The lowest BCUT2D eigenvalue weighted by molar-refractivity contribution is 0.0949. The number of methoxy groups -OCH3 is 1. The number of hydrogen-bond acceptors (Lipinski definition) is 4. The van der Waals surface area contributed by atoms with Gasteiger partial charge in [-0.05, 0) is 56.9 Å². The van der Waals surface area contributed by atoms with Gasteiger partial charge in [0.2, 0.25) is 0 Å². The molecule has 0 saturated heterocycles. The molecule has 2 amide bonds. The summed E-state index contributed by atoms with van der Waals surface area (Å²) in [6, 6.07) is 9.91. The van der Waals surface area contributed by atoms with Gasteiger partial charge in [0.1, 0.15) is 5.75 Å². The average Bonchev–Trinajstić information content (AvgIpc) is 2.64. The normalized spacial score (nSPS) is 10.6. The molecule has 0 spiro atoms. The zero-order valence-corrected chi connectivity index (χ0v) is 16.7. The lowest BCUT2D eigenvalue weighted by atomic mass is 10.1. The number of aryl methyl sites for hydroxylation is 1. The van der Waals surface area contributed by atoms with Gasteiger partial charge in [-0.3, -0.25) is 9.59 Å². The highest BCUT2D eigenvalue weighted by Crippen LogP contribution is 2.31. The summed E-state index contributed by atoms with van der Waals surface area (Å²) in [7, 11) is 5.40. The van der Waals surface area contributed by atoms with Crippen LogP contribution in [0.4, 0.5) is 5.69 Å². The summed E-state index contributed by atoms with van der Waals surface area (Å²) < 4.78 is 5.27. The number of ether oxygens (including phenoxy) is 1. The SMILES string of the molecule is COc1cc(Cl)c(C)cc1NC(=O)c1ccc(C(=O)NCCN(C)C)cc1. The molecular weight excluding hydrogens is 366 g/mol. The van der Waals surface area contributed by atoms with Gasteiger partial charge in [0.15, 0.2) is 0 Å². The minimum Gasteiger partial charge on any atom is -0.495 e. The Bertz CT molecular complexity index is 820. The van der Waals surface area contributed by atoms with E-state index in [2.05, 4.69) is 10.6 Å². The van der Waals surface area contributed by atoms with Crippen molar-refractivity contribution in [2.24, 2.45) is 0 Å². The van der Waals surface area contributed by atoms with Crippen LogP contribution in [0.1, 0.15) is 26.3 Å². The zero-order chi connectivity index (χ0) is 20.0. The van der Waals surface area contributed by atoms with Crippen molar-refractivity contribution in [2.75, 3.05) is 39.6 Å². The van der Waals surface area contributed by atoms with Crippen molar-refractivity contribution in [3.63, 3.8) is 0 Å². The summed E-state index contributed by atoms with van der Waals surface area (Å²) in [6.07, 6.45) is 0. The Morgan fingerprint density at radius 1 is 1.07 bits per heavy atom. The Kier molecular flexibility index (Phi) is 7.21. The maximum absolute atomic E-state index is 12.5. The highest BCUT2D eigenvalue weighted by molar-refractivity contribution is 6.31. The van der Waals surface area contributed by atoms with Crippen molar-refractivity contribution in [3.8, 4) is 5.75 Å². The Labute approximate surface area is 164 Å². The number of carbonyl (C=O) groups is 2. The van der Waals surface area contributed by atoms with Crippen LogP contribution in [0.25, 0.3) is 0 Å². The summed E-state index contributed by atoms with van der Waals surface area (Å²) in [5.41, 5.74) is 2.31. The van der Waals surface area contributed by atoms with E-state index in [0.29, 0.717) is 34.1 Å². The van der Waals surface area contributed by atoms with E-state index in [1.165, 1.54) is 7.11 Å². The van der Waals surface area contributed by atoms with E-state index in [1.807, 2.05) is 25.9 Å². The molecule has 6 nitrogen and oxygen atoms in total. The van der Waals surface area contributed by atoms with Crippen LogP contribution >= 0.6 is 11.6 Å². The molecule has 0 aromatic heterocycles. The van der Waals surface area contributed by atoms with Crippen molar-refractivity contribution >= 4 is 29.1 Å². The average molecular weight is 390 g/mol. The van der Waals surface area contributed by atoms with Gasteiger partial charge in [-0.15, -0.1) is 0 Å². The standard InChI is InChI=1S/C20H24ClN3O3/c1-13-11-17(18(27-4)12-16(13)21)23-20(26)15-7-5-14(6-8-15)19(25)22-9-10-24(2)3/h5-8,11-12H,9-10H2,1-4H3,(H,22,25)(H,23,26). The molecule has 144 valence electrons. The summed E-state index contributed by atoms with van der Waals surface area (Å²) in [5, 5.41) is 6.21. The summed E-state index contributed by atoms with van der Waals surface area (Å²) in [6.45, 7) is 3.17. The van der Waals surface area contributed by atoms with Gasteiger partial charge in [-0.2, -0.15) is 0 Å². The first-order valence-electron chi connectivity index (χ1n) is 8.50. The van der Waals surface area contributed by atoms with Crippen LogP contribution in [-0.2, 0) is 0 Å². The van der Waals surface area contributed by atoms with Gasteiger partial charge in [-0.25, -0.2) is 0 Å². The van der Waals surface area contributed by atoms with E-state index < -0.39 is 0 Å². The number of carbonyl (C=O) groups excluding carboxylic acids is 2. The molecule has 0 unspecified atom stereocenters. The number of rotatable bonds is 7. The second kappa shape index (κ2) is 9.39. The largest absolute Gasteiger partial charge is 0.495 e. The van der Waals surface area contributed by atoms with Crippen molar-refractivity contribution in [3.05, 3.63) is 58.1 Å². The molecule has 2 N–H and O–H groups in total. The topological polar surface area (TPSA) is 70.7 Å². The molecule has 0 heterocycles. The third-order valence-electron chi connectivity index (χ3n) is 3.98. The molecule has 0 bridgehead atoms. The molecule has 0 radical (unpaired) electrons. The number of likely N-dealkylation sites (N-methyl/N-ethyl adjacent to an activating group) is 1. The number of halogens is 1. The van der Waals surface area contributed by atoms with Crippen LogP contribution in [0, 0.1) is 6.92 Å². The molecule has 0 atom stereocenters. The fourth-order valence-electron chi connectivity index (χ4n) is 2.39. The molecule has 0 aliphatic heterocycles. The molecule has 7 heteroatoms. The number of hydrogen-bond donors (Lipinski definition) is 2. The predicted octanol–water partition coefficient (Wildman–Crippen LogP) is 3.20. The zero-order valence-electron chi connectivity index (χ0n) is 15.9. The van der Waals surface area contributed by atoms with Gasteiger partial charge in [0.25, 0.3) is 11.8 Å². The highest BCUT2D eigenvalue weighted by Gasteiger charge is 2.13. The number of anilines is 1. The quantitative estimate of drug-likeness (QED) is 0.762. The van der Waals surface area contributed by atoms with E-state index in [-0.39, 0.29) is 11.8 Å². The van der Waals surface area contributed by atoms with Gasteiger partial charge in [0, 0.05) is 35.3 Å². The molecule has 0 saturated carbocycles.